The summed E-state index contributed by atoms with van der Waals surface area (Å²) in [5.41, 5.74) is -1.21. The molecule has 0 saturated carbocycles. The standard InChI is InChI=1S/C18H17F4NOS/c1-4-11(12(5-2)18(20,21)22)10-23-16-13(19)8-7-9-15(16)25-14(6-3)17(23)24/h4-5,7-9,14H,1-2,6,10H2,3H3/b12-11-/t14-/m1/s1. The number of carbonyl (C=O) groups is 1. The summed E-state index contributed by atoms with van der Waals surface area (Å²) in [6, 6.07) is 4.35. The smallest absolute Gasteiger partial charge is 0.303 e. The van der Waals surface area contributed by atoms with Crippen LogP contribution in [0.5, 0.6) is 0 Å². The molecule has 0 radical (unpaired) electrons. The Bertz CT molecular complexity index is 739. The number of anilines is 1. The number of benzene rings is 1. The normalized spacial score (nSPS) is 18.5. The molecule has 1 heterocycles. The van der Waals surface area contributed by atoms with Crippen LogP contribution in [0.25, 0.3) is 0 Å². The lowest BCUT2D eigenvalue weighted by Crippen LogP contribution is -2.42. The van der Waals surface area contributed by atoms with E-state index in [1.807, 2.05) is 0 Å². The number of thioether (sulfide) groups is 1. The average Bonchev–Trinajstić information content (AvgIpc) is 2.55. The molecule has 1 aliphatic heterocycles. The van der Waals surface area contributed by atoms with Gasteiger partial charge in [-0.3, -0.25) is 4.79 Å². The minimum atomic E-state index is -4.64. The topological polar surface area (TPSA) is 20.3 Å². The van der Waals surface area contributed by atoms with Gasteiger partial charge in [0.05, 0.1) is 23.1 Å². The largest absolute Gasteiger partial charge is 0.416 e. The predicted octanol–water partition coefficient (Wildman–Crippen LogP) is 5.27. The second-order valence-electron chi connectivity index (χ2n) is 5.37. The average molecular weight is 371 g/mol. The van der Waals surface area contributed by atoms with Crippen molar-refractivity contribution in [3.05, 3.63) is 60.5 Å². The number of halogens is 4. The highest BCUT2D eigenvalue weighted by atomic mass is 32.2. The Balaban J connectivity index is 2.57. The van der Waals surface area contributed by atoms with E-state index in [9.17, 15) is 22.4 Å². The third-order valence-electron chi connectivity index (χ3n) is 3.83. The van der Waals surface area contributed by atoms with Crippen LogP contribution >= 0.6 is 11.8 Å². The van der Waals surface area contributed by atoms with E-state index in [2.05, 4.69) is 13.2 Å². The Kier molecular flexibility index (Phi) is 5.77. The van der Waals surface area contributed by atoms with E-state index in [1.54, 1.807) is 13.0 Å². The number of para-hydroxylation sites is 1. The van der Waals surface area contributed by atoms with Crippen molar-refractivity contribution in [3.8, 4) is 0 Å². The van der Waals surface area contributed by atoms with Crippen molar-refractivity contribution in [1.82, 2.24) is 0 Å². The van der Waals surface area contributed by atoms with Gasteiger partial charge in [-0.2, -0.15) is 13.2 Å². The highest BCUT2D eigenvalue weighted by molar-refractivity contribution is 8.01. The first-order valence-corrected chi connectivity index (χ1v) is 8.44. The number of hydrogen-bond donors (Lipinski definition) is 0. The van der Waals surface area contributed by atoms with E-state index in [-0.39, 0.29) is 11.3 Å². The number of fused-ring (bicyclic) bond motifs is 1. The molecule has 7 heteroatoms. The van der Waals surface area contributed by atoms with Crippen LogP contribution in [0.15, 0.2) is 59.6 Å². The maximum absolute atomic E-state index is 14.3. The first-order chi connectivity index (χ1) is 11.7. The van der Waals surface area contributed by atoms with Gasteiger partial charge in [-0.15, -0.1) is 11.8 Å². The third kappa shape index (κ3) is 3.81. The molecule has 1 atom stereocenters. The number of hydrogen-bond acceptors (Lipinski definition) is 2. The summed E-state index contributed by atoms with van der Waals surface area (Å²) < 4.78 is 53.8. The zero-order chi connectivity index (χ0) is 18.8. The van der Waals surface area contributed by atoms with Crippen molar-refractivity contribution >= 4 is 23.4 Å². The summed E-state index contributed by atoms with van der Waals surface area (Å²) in [6.45, 7) is 7.98. The fourth-order valence-corrected chi connectivity index (χ4v) is 3.79. The summed E-state index contributed by atoms with van der Waals surface area (Å²) in [6.07, 6.45) is -2.45. The number of allylic oxidation sites excluding steroid dienone is 2. The molecular formula is C18H17F4NOS. The highest BCUT2D eigenvalue weighted by Crippen LogP contribution is 2.42. The Labute approximate surface area is 147 Å². The molecule has 0 saturated heterocycles. The van der Waals surface area contributed by atoms with Gasteiger partial charge in [-0.05, 0) is 24.1 Å². The van der Waals surface area contributed by atoms with Crippen molar-refractivity contribution in [3.63, 3.8) is 0 Å². The lowest BCUT2D eigenvalue weighted by molar-refractivity contribution is -0.118. The van der Waals surface area contributed by atoms with Crippen LogP contribution in [0, 0.1) is 5.82 Å². The summed E-state index contributed by atoms with van der Waals surface area (Å²) in [5.74, 6) is -1.07. The second kappa shape index (κ2) is 7.47. The Morgan fingerprint density at radius 3 is 2.52 bits per heavy atom. The summed E-state index contributed by atoms with van der Waals surface area (Å²) in [4.78, 5) is 14.3. The second-order valence-corrected chi connectivity index (χ2v) is 6.62. The monoisotopic (exact) mass is 371 g/mol. The zero-order valence-electron chi connectivity index (χ0n) is 13.6. The van der Waals surface area contributed by atoms with Gasteiger partial charge in [0.15, 0.2) is 0 Å². The number of carbonyl (C=O) groups excluding carboxylic acids is 1. The van der Waals surface area contributed by atoms with Crippen molar-refractivity contribution in [1.29, 1.82) is 0 Å². The molecule has 0 unspecified atom stereocenters. The first-order valence-electron chi connectivity index (χ1n) is 7.56. The van der Waals surface area contributed by atoms with Crippen LogP contribution in [0.4, 0.5) is 23.2 Å². The lowest BCUT2D eigenvalue weighted by Gasteiger charge is -2.34. The first kappa shape index (κ1) is 19.3. The number of amides is 1. The summed E-state index contributed by atoms with van der Waals surface area (Å²) in [7, 11) is 0. The molecule has 0 fully saturated rings. The van der Waals surface area contributed by atoms with E-state index in [0.717, 1.165) is 11.0 Å². The van der Waals surface area contributed by atoms with E-state index >= 15 is 0 Å². The maximum atomic E-state index is 14.3. The van der Waals surface area contributed by atoms with Crippen LogP contribution in [0.1, 0.15) is 13.3 Å². The highest BCUT2D eigenvalue weighted by Gasteiger charge is 2.37. The van der Waals surface area contributed by atoms with E-state index in [1.165, 1.54) is 23.9 Å². The Morgan fingerprint density at radius 2 is 2.00 bits per heavy atom. The molecule has 134 valence electrons. The molecule has 2 nitrogen and oxygen atoms in total. The van der Waals surface area contributed by atoms with Crippen molar-refractivity contribution in [2.45, 2.75) is 29.7 Å². The van der Waals surface area contributed by atoms with Crippen molar-refractivity contribution < 1.29 is 22.4 Å². The van der Waals surface area contributed by atoms with Crippen LogP contribution in [-0.2, 0) is 4.79 Å². The molecule has 0 aliphatic carbocycles. The number of rotatable bonds is 5. The van der Waals surface area contributed by atoms with E-state index in [0.29, 0.717) is 17.4 Å². The molecule has 1 aromatic rings. The van der Waals surface area contributed by atoms with Gasteiger partial charge in [0.25, 0.3) is 0 Å². The van der Waals surface area contributed by atoms with Gasteiger partial charge in [0.2, 0.25) is 5.91 Å². The maximum Gasteiger partial charge on any atom is 0.416 e. The van der Waals surface area contributed by atoms with Crippen LogP contribution < -0.4 is 4.90 Å². The lowest BCUT2D eigenvalue weighted by atomic mass is 10.1. The van der Waals surface area contributed by atoms with Gasteiger partial charge in [0, 0.05) is 4.90 Å². The minimum absolute atomic E-state index is 0.00661. The summed E-state index contributed by atoms with van der Waals surface area (Å²) >= 11 is 1.22. The number of nitrogens with zero attached hydrogens (tertiary/aromatic N) is 1. The SMILES string of the molecule is C=C/C(CN1C(=O)[C@@H](CC)Sc2cccc(F)c21)=C(\C=C)C(F)(F)F. The quantitative estimate of drug-likeness (QED) is 0.519. The molecule has 2 rings (SSSR count). The van der Waals surface area contributed by atoms with Crippen molar-refractivity contribution in [2.75, 3.05) is 11.4 Å². The molecule has 0 N–H and O–H groups in total. The molecular weight excluding hydrogens is 354 g/mol. The van der Waals surface area contributed by atoms with Gasteiger partial charge in [-0.25, -0.2) is 4.39 Å². The number of alkyl halides is 3. The predicted molar refractivity (Wildman–Crippen MR) is 92.2 cm³/mol. The van der Waals surface area contributed by atoms with Crippen LogP contribution in [-0.4, -0.2) is 23.9 Å². The Morgan fingerprint density at radius 1 is 1.32 bits per heavy atom. The molecule has 0 aromatic heterocycles. The van der Waals surface area contributed by atoms with Crippen LogP contribution in [0.2, 0.25) is 0 Å². The fourth-order valence-electron chi connectivity index (χ4n) is 2.61. The molecule has 0 spiro atoms. The Hall–Kier alpha value is -2.02. The molecule has 0 bridgehead atoms. The van der Waals surface area contributed by atoms with Crippen LogP contribution in [0.3, 0.4) is 0 Å². The molecule has 1 aliphatic rings. The van der Waals surface area contributed by atoms with Gasteiger partial charge in [0.1, 0.15) is 5.82 Å². The van der Waals surface area contributed by atoms with Gasteiger partial charge >= 0.3 is 6.18 Å². The molecule has 25 heavy (non-hydrogen) atoms. The molecule has 1 amide bonds. The van der Waals surface area contributed by atoms with E-state index in [4.69, 9.17) is 0 Å². The van der Waals surface area contributed by atoms with Crippen molar-refractivity contribution in [2.24, 2.45) is 0 Å². The zero-order valence-corrected chi connectivity index (χ0v) is 14.4. The third-order valence-corrected chi connectivity index (χ3v) is 5.23. The minimum Gasteiger partial charge on any atom is -0.303 e. The van der Waals surface area contributed by atoms with Gasteiger partial charge < -0.3 is 4.90 Å². The molecule has 1 aromatic carbocycles. The summed E-state index contributed by atoms with van der Waals surface area (Å²) in [5, 5.41) is -0.474. The van der Waals surface area contributed by atoms with Gasteiger partial charge in [-0.1, -0.05) is 38.3 Å². The fraction of sp³-hybridized carbons (Fsp3) is 0.278. The van der Waals surface area contributed by atoms with E-state index < -0.39 is 35.3 Å².